The Morgan fingerprint density at radius 1 is 0.250 bits per heavy atom. The first-order chi connectivity index (χ1) is 31.7. The van der Waals surface area contributed by atoms with Crippen LogP contribution in [0.2, 0.25) is 0 Å². The molecule has 0 N–H and O–H groups in total. The highest BCUT2D eigenvalue weighted by Gasteiger charge is 2.20. The lowest BCUT2D eigenvalue weighted by atomic mass is 9.99. The summed E-state index contributed by atoms with van der Waals surface area (Å²) in [6.07, 6.45) is 0. The van der Waals surface area contributed by atoms with Gasteiger partial charge in [0.2, 0.25) is 0 Å². The smallest absolute Gasteiger partial charge is 0.0562 e. The fourth-order valence-corrected chi connectivity index (χ4v) is 11.8. The van der Waals surface area contributed by atoms with E-state index in [1.54, 1.807) is 0 Å². The van der Waals surface area contributed by atoms with Crippen molar-refractivity contribution in [3.63, 3.8) is 0 Å². The Balaban J connectivity index is 0.944. The van der Waals surface area contributed by atoms with Crippen LogP contribution in [0.15, 0.2) is 224 Å². The number of aromatic nitrogens is 3. The molecule has 4 heteroatoms. The van der Waals surface area contributed by atoms with Crippen molar-refractivity contribution in [3.8, 4) is 39.3 Å². The molecule has 4 aromatic heterocycles. The number of thiophene rings is 1. The Kier molecular flexibility index (Phi) is 7.56. The fourth-order valence-electron chi connectivity index (χ4n) is 10.6. The minimum absolute atomic E-state index is 1.14. The summed E-state index contributed by atoms with van der Waals surface area (Å²) in [5.41, 5.74) is 15.6. The van der Waals surface area contributed by atoms with E-state index < -0.39 is 0 Å². The number of rotatable bonds is 5. The number of benzene rings is 10. The molecule has 64 heavy (non-hydrogen) atoms. The van der Waals surface area contributed by atoms with Gasteiger partial charge in [-0.2, -0.15) is 0 Å². The summed E-state index contributed by atoms with van der Waals surface area (Å²) in [4.78, 5) is 0. The zero-order valence-corrected chi connectivity index (χ0v) is 35.4. The molecule has 14 rings (SSSR count). The van der Waals surface area contributed by atoms with E-state index in [0.29, 0.717) is 0 Å². The molecule has 10 aromatic carbocycles. The van der Waals surface area contributed by atoms with Crippen LogP contribution in [0.5, 0.6) is 0 Å². The van der Waals surface area contributed by atoms with Crippen LogP contribution in [0.25, 0.3) is 125 Å². The second-order valence-electron chi connectivity index (χ2n) is 16.9. The molecule has 298 valence electrons. The molecule has 0 bridgehead atoms. The van der Waals surface area contributed by atoms with E-state index in [1.165, 1.54) is 114 Å². The molecule has 0 amide bonds. The summed E-state index contributed by atoms with van der Waals surface area (Å²) in [7, 11) is 0. The normalized spacial score (nSPS) is 12.1. The minimum atomic E-state index is 1.14. The number of hydrogen-bond acceptors (Lipinski definition) is 1. The second kappa shape index (κ2) is 13.7. The zero-order valence-electron chi connectivity index (χ0n) is 34.6. The molecular weight excluding hydrogens is 795 g/mol. The van der Waals surface area contributed by atoms with Crippen molar-refractivity contribution in [3.05, 3.63) is 224 Å². The third kappa shape index (κ3) is 5.15. The van der Waals surface area contributed by atoms with Crippen LogP contribution in [0, 0.1) is 0 Å². The summed E-state index contributed by atoms with van der Waals surface area (Å²) < 4.78 is 9.95. The van der Waals surface area contributed by atoms with E-state index in [4.69, 9.17) is 0 Å². The van der Waals surface area contributed by atoms with E-state index in [0.717, 1.165) is 11.4 Å². The summed E-state index contributed by atoms with van der Waals surface area (Å²) in [5, 5.41) is 10.1. The van der Waals surface area contributed by atoms with Gasteiger partial charge in [0.15, 0.2) is 0 Å². The van der Waals surface area contributed by atoms with Crippen molar-refractivity contribution >= 4 is 96.9 Å². The number of nitrogens with zero attached hydrogens (tertiary/aromatic N) is 3. The number of hydrogen-bond donors (Lipinski definition) is 0. The molecular formula is C60H37N3S. The van der Waals surface area contributed by atoms with Gasteiger partial charge in [0, 0.05) is 63.9 Å². The topological polar surface area (TPSA) is 14.8 Å². The molecule has 0 atom stereocenters. The molecule has 0 aliphatic rings. The van der Waals surface area contributed by atoms with Gasteiger partial charge in [0.1, 0.15) is 0 Å². The summed E-state index contributed by atoms with van der Waals surface area (Å²) in [6, 6.07) is 82.7. The largest absolute Gasteiger partial charge is 0.309 e. The number of fused-ring (bicyclic) bond motifs is 12. The van der Waals surface area contributed by atoms with Crippen LogP contribution in [0.1, 0.15) is 0 Å². The van der Waals surface area contributed by atoms with E-state index in [9.17, 15) is 0 Å². The number of para-hydroxylation sites is 4. The Hall–Kier alpha value is -8.18. The van der Waals surface area contributed by atoms with E-state index >= 15 is 0 Å². The minimum Gasteiger partial charge on any atom is -0.309 e. The molecule has 0 saturated carbocycles. The van der Waals surface area contributed by atoms with Gasteiger partial charge >= 0.3 is 0 Å². The molecule has 4 heterocycles. The first-order valence-corrected chi connectivity index (χ1v) is 22.7. The molecule has 0 fully saturated rings. The summed E-state index contributed by atoms with van der Waals surface area (Å²) in [5.74, 6) is 0. The third-order valence-corrected chi connectivity index (χ3v) is 14.6. The van der Waals surface area contributed by atoms with Gasteiger partial charge in [-0.05, 0) is 95.1 Å². The van der Waals surface area contributed by atoms with Gasteiger partial charge in [-0.1, -0.05) is 152 Å². The maximum absolute atomic E-state index is 2.51. The third-order valence-electron chi connectivity index (χ3n) is 13.5. The molecule has 0 aliphatic carbocycles. The van der Waals surface area contributed by atoms with Gasteiger partial charge in [-0.3, -0.25) is 0 Å². The quantitative estimate of drug-likeness (QED) is 0.164. The van der Waals surface area contributed by atoms with Gasteiger partial charge in [-0.15, -0.1) is 11.3 Å². The van der Waals surface area contributed by atoms with Crippen molar-refractivity contribution in [2.24, 2.45) is 0 Å². The maximum Gasteiger partial charge on any atom is 0.0562 e. The van der Waals surface area contributed by atoms with Crippen molar-refractivity contribution in [1.82, 2.24) is 13.7 Å². The van der Waals surface area contributed by atoms with Crippen molar-refractivity contribution in [2.75, 3.05) is 0 Å². The molecule has 3 nitrogen and oxygen atoms in total. The van der Waals surface area contributed by atoms with Crippen LogP contribution < -0.4 is 0 Å². The van der Waals surface area contributed by atoms with Gasteiger partial charge in [0.05, 0.1) is 38.8 Å². The zero-order chi connectivity index (χ0) is 41.9. The van der Waals surface area contributed by atoms with Crippen LogP contribution >= 0.6 is 11.3 Å². The average molecular weight is 832 g/mol. The van der Waals surface area contributed by atoms with E-state index in [1.807, 2.05) is 11.3 Å². The molecule has 0 unspecified atom stereocenters. The predicted molar refractivity (Wildman–Crippen MR) is 273 cm³/mol. The SMILES string of the molecule is c1ccc(-c2ccc(-c3ccc4c(c3)sc3cccc(-n5c6ccccc6c6ccc(-n7c8ccccc8c8cc(-n9c%10ccccc%10c%10ccccc%109)ccc87)cc65)c34)cc2)cc1. The average Bonchev–Trinajstić information content (AvgIpc) is 4.10. The van der Waals surface area contributed by atoms with Gasteiger partial charge < -0.3 is 13.7 Å². The standard InChI is InChI=1S/C60H37N3S/c1-2-13-38(14-3-1)39-25-27-40(28-26-39)41-29-32-49-59(35-41)64-58-24-12-23-56(60(49)58)63-54-22-11-6-17-46(54)48-33-30-43(37-57(48)63)62-53-21-10-7-18-47(53)50-36-42(31-34-55(50)62)61-51-19-8-4-15-44(51)45-16-5-9-20-52(45)61/h1-37H. The van der Waals surface area contributed by atoms with Crippen molar-refractivity contribution in [2.45, 2.75) is 0 Å². The summed E-state index contributed by atoms with van der Waals surface area (Å²) >= 11 is 1.88. The Morgan fingerprint density at radius 2 is 0.719 bits per heavy atom. The monoisotopic (exact) mass is 831 g/mol. The molecule has 0 aliphatic heterocycles. The highest BCUT2D eigenvalue weighted by atomic mass is 32.1. The van der Waals surface area contributed by atoms with Crippen molar-refractivity contribution < 1.29 is 0 Å². The van der Waals surface area contributed by atoms with Crippen LogP contribution in [-0.2, 0) is 0 Å². The second-order valence-corrected chi connectivity index (χ2v) is 18.0. The fraction of sp³-hybridized carbons (Fsp3) is 0. The Labute approximate surface area is 372 Å². The molecule has 0 saturated heterocycles. The summed E-state index contributed by atoms with van der Waals surface area (Å²) in [6.45, 7) is 0. The van der Waals surface area contributed by atoms with Crippen LogP contribution in [-0.4, -0.2) is 13.7 Å². The maximum atomic E-state index is 2.51. The highest BCUT2D eigenvalue weighted by molar-refractivity contribution is 7.26. The lowest BCUT2D eigenvalue weighted by Gasteiger charge is -2.13. The highest BCUT2D eigenvalue weighted by Crippen LogP contribution is 2.44. The predicted octanol–water partition coefficient (Wildman–Crippen LogP) is 16.7. The molecule has 0 spiro atoms. The van der Waals surface area contributed by atoms with Gasteiger partial charge in [0.25, 0.3) is 0 Å². The lowest BCUT2D eigenvalue weighted by molar-refractivity contribution is 1.16. The van der Waals surface area contributed by atoms with Crippen LogP contribution in [0.4, 0.5) is 0 Å². The van der Waals surface area contributed by atoms with E-state index in [2.05, 4.69) is 238 Å². The Bertz CT molecular complexity index is 4130. The van der Waals surface area contributed by atoms with Crippen LogP contribution in [0.3, 0.4) is 0 Å². The first-order valence-electron chi connectivity index (χ1n) is 21.9. The lowest BCUT2D eigenvalue weighted by Crippen LogP contribution is -1.98. The van der Waals surface area contributed by atoms with Crippen molar-refractivity contribution in [1.29, 1.82) is 0 Å². The molecule has 14 aromatic rings. The first kappa shape index (κ1) is 35.4. The van der Waals surface area contributed by atoms with E-state index in [-0.39, 0.29) is 0 Å². The van der Waals surface area contributed by atoms with Gasteiger partial charge in [-0.25, -0.2) is 0 Å². The Morgan fingerprint density at radius 3 is 1.38 bits per heavy atom. The molecule has 0 radical (unpaired) electrons.